The number of piperazine rings is 1. The van der Waals surface area contributed by atoms with Crippen LogP contribution in [0.3, 0.4) is 0 Å². The van der Waals surface area contributed by atoms with Crippen LogP contribution in [0.1, 0.15) is 6.42 Å². The first-order chi connectivity index (χ1) is 11.1. The number of pyridine rings is 1. The fraction of sp³-hybridized carbons (Fsp3) is 0.500. The van der Waals surface area contributed by atoms with E-state index in [-0.39, 0.29) is 11.7 Å². The van der Waals surface area contributed by atoms with Gasteiger partial charge in [0.1, 0.15) is 0 Å². The molecule has 9 heteroatoms. The number of rotatable bonds is 6. The summed E-state index contributed by atoms with van der Waals surface area (Å²) in [6.45, 7) is 3.60. The normalized spacial score (nSPS) is 15.0. The smallest absolute Gasteiger partial charge is 0.363 e. The molecule has 1 fully saturated rings. The minimum absolute atomic E-state index is 0.0781. The summed E-state index contributed by atoms with van der Waals surface area (Å²) in [6.07, 6.45) is 1.81. The van der Waals surface area contributed by atoms with Crippen molar-refractivity contribution in [2.24, 2.45) is 0 Å². The minimum Gasteiger partial charge on any atom is -0.366 e. The van der Waals surface area contributed by atoms with Gasteiger partial charge in [-0.15, -0.1) is 0 Å². The SMILES string of the molecule is N#CCCNC(=O)CN1CCN(c2ccc([N+](=O)[O-])nc2)CC1. The van der Waals surface area contributed by atoms with Crippen LogP contribution in [-0.4, -0.2) is 60.0 Å². The average Bonchev–Trinajstić information content (AvgIpc) is 2.56. The lowest BCUT2D eigenvalue weighted by atomic mass is 10.2. The molecule has 0 spiro atoms. The van der Waals surface area contributed by atoms with E-state index in [1.54, 1.807) is 6.07 Å². The van der Waals surface area contributed by atoms with Gasteiger partial charge < -0.3 is 20.3 Å². The number of nitriles is 1. The molecule has 1 amide bonds. The molecule has 1 aromatic heterocycles. The Morgan fingerprint density at radius 3 is 2.70 bits per heavy atom. The van der Waals surface area contributed by atoms with E-state index in [9.17, 15) is 14.9 Å². The van der Waals surface area contributed by atoms with Crippen molar-refractivity contribution in [2.75, 3.05) is 44.2 Å². The van der Waals surface area contributed by atoms with Gasteiger partial charge in [0.05, 0.1) is 24.7 Å². The molecule has 122 valence electrons. The Balaban J connectivity index is 1.78. The lowest BCUT2D eigenvalue weighted by Crippen LogP contribution is -2.49. The summed E-state index contributed by atoms with van der Waals surface area (Å²) in [6, 6.07) is 5.06. The Morgan fingerprint density at radius 1 is 1.39 bits per heavy atom. The third kappa shape index (κ3) is 4.89. The standard InChI is InChI=1S/C14H18N6O3/c15-4-1-5-16-14(21)11-18-6-8-19(9-7-18)12-2-3-13(17-10-12)20(22)23/h2-3,10H,1,5-9,11H2,(H,16,21). The summed E-state index contributed by atoms with van der Waals surface area (Å²) in [5.41, 5.74) is 0.841. The molecule has 1 aromatic rings. The van der Waals surface area contributed by atoms with Crippen LogP contribution < -0.4 is 10.2 Å². The summed E-state index contributed by atoms with van der Waals surface area (Å²) in [5, 5.41) is 21.7. The Morgan fingerprint density at radius 2 is 2.13 bits per heavy atom. The molecule has 0 bridgehead atoms. The number of carbonyl (C=O) groups excluding carboxylic acids is 1. The summed E-state index contributed by atoms with van der Waals surface area (Å²) in [4.78, 5) is 29.7. The molecule has 0 aliphatic carbocycles. The number of nitrogens with one attached hydrogen (secondary N) is 1. The highest BCUT2D eigenvalue weighted by atomic mass is 16.6. The molecule has 1 saturated heterocycles. The Kier molecular flexibility index (Phi) is 5.82. The molecule has 1 aliphatic rings. The van der Waals surface area contributed by atoms with Gasteiger partial charge >= 0.3 is 5.82 Å². The van der Waals surface area contributed by atoms with Gasteiger partial charge in [0.2, 0.25) is 5.91 Å². The lowest BCUT2D eigenvalue weighted by molar-refractivity contribution is -0.389. The van der Waals surface area contributed by atoms with Gasteiger partial charge in [-0.3, -0.25) is 9.69 Å². The van der Waals surface area contributed by atoms with Gasteiger partial charge in [-0.2, -0.15) is 5.26 Å². The van der Waals surface area contributed by atoms with Crippen LogP contribution in [0.4, 0.5) is 11.5 Å². The Labute approximate surface area is 133 Å². The third-order valence-electron chi connectivity index (χ3n) is 3.58. The lowest BCUT2D eigenvalue weighted by Gasteiger charge is -2.35. The third-order valence-corrected chi connectivity index (χ3v) is 3.58. The summed E-state index contributed by atoms with van der Waals surface area (Å²) >= 11 is 0. The fourth-order valence-electron chi connectivity index (χ4n) is 2.35. The van der Waals surface area contributed by atoms with E-state index in [0.29, 0.717) is 19.5 Å². The molecule has 2 heterocycles. The van der Waals surface area contributed by atoms with E-state index in [0.717, 1.165) is 31.9 Å². The zero-order valence-electron chi connectivity index (χ0n) is 12.6. The van der Waals surface area contributed by atoms with Crippen LogP contribution in [0.5, 0.6) is 0 Å². The van der Waals surface area contributed by atoms with Crippen molar-refractivity contribution < 1.29 is 9.72 Å². The van der Waals surface area contributed by atoms with E-state index in [1.807, 2.05) is 11.0 Å². The van der Waals surface area contributed by atoms with E-state index in [1.165, 1.54) is 12.3 Å². The van der Waals surface area contributed by atoms with Crippen LogP contribution >= 0.6 is 0 Å². The first-order valence-electron chi connectivity index (χ1n) is 7.31. The van der Waals surface area contributed by atoms with Gasteiger partial charge in [0.15, 0.2) is 6.20 Å². The monoisotopic (exact) mass is 318 g/mol. The molecule has 9 nitrogen and oxygen atoms in total. The van der Waals surface area contributed by atoms with E-state index >= 15 is 0 Å². The van der Waals surface area contributed by atoms with Crippen molar-refractivity contribution >= 4 is 17.4 Å². The summed E-state index contributed by atoms with van der Waals surface area (Å²) in [5.74, 6) is -0.243. The predicted octanol–water partition coefficient (Wildman–Crippen LogP) is 0.142. The number of hydrogen-bond acceptors (Lipinski definition) is 7. The van der Waals surface area contributed by atoms with Gasteiger partial charge in [-0.1, -0.05) is 0 Å². The maximum Gasteiger partial charge on any atom is 0.363 e. The van der Waals surface area contributed by atoms with Crippen molar-refractivity contribution in [3.8, 4) is 6.07 Å². The number of nitrogens with zero attached hydrogens (tertiary/aromatic N) is 5. The Hall–Kier alpha value is -2.73. The molecule has 2 rings (SSSR count). The van der Waals surface area contributed by atoms with E-state index in [2.05, 4.69) is 15.2 Å². The van der Waals surface area contributed by atoms with Gasteiger partial charge in [0.25, 0.3) is 0 Å². The van der Waals surface area contributed by atoms with Crippen LogP contribution in [0.15, 0.2) is 18.3 Å². The zero-order chi connectivity index (χ0) is 16.7. The summed E-state index contributed by atoms with van der Waals surface area (Å²) in [7, 11) is 0. The molecule has 23 heavy (non-hydrogen) atoms. The zero-order valence-corrected chi connectivity index (χ0v) is 12.6. The maximum atomic E-state index is 11.7. The quantitative estimate of drug-likeness (QED) is 0.450. The van der Waals surface area contributed by atoms with Crippen molar-refractivity contribution in [3.63, 3.8) is 0 Å². The highest BCUT2D eigenvalue weighted by molar-refractivity contribution is 5.78. The van der Waals surface area contributed by atoms with E-state index < -0.39 is 4.92 Å². The second-order valence-electron chi connectivity index (χ2n) is 5.15. The molecule has 0 unspecified atom stereocenters. The molecule has 1 N–H and O–H groups in total. The van der Waals surface area contributed by atoms with Crippen LogP contribution in [-0.2, 0) is 4.79 Å². The van der Waals surface area contributed by atoms with Crippen molar-refractivity contribution in [2.45, 2.75) is 6.42 Å². The number of hydrogen-bond donors (Lipinski definition) is 1. The first-order valence-corrected chi connectivity index (χ1v) is 7.31. The van der Waals surface area contributed by atoms with Gasteiger partial charge in [-0.25, -0.2) is 0 Å². The molecular formula is C14H18N6O3. The van der Waals surface area contributed by atoms with Crippen LogP contribution in [0, 0.1) is 21.4 Å². The molecule has 0 radical (unpaired) electrons. The van der Waals surface area contributed by atoms with Crippen LogP contribution in [0.25, 0.3) is 0 Å². The molecule has 0 atom stereocenters. The van der Waals surface area contributed by atoms with E-state index in [4.69, 9.17) is 5.26 Å². The second kappa shape index (κ2) is 8.05. The number of carbonyl (C=O) groups is 1. The molecule has 0 aromatic carbocycles. The Bertz CT molecular complexity index is 590. The topological polar surface area (TPSA) is 115 Å². The molecular weight excluding hydrogens is 300 g/mol. The van der Waals surface area contributed by atoms with Crippen molar-refractivity contribution in [3.05, 3.63) is 28.4 Å². The molecule has 1 aliphatic heterocycles. The number of nitro groups is 1. The number of aromatic nitrogens is 1. The van der Waals surface area contributed by atoms with Crippen molar-refractivity contribution in [1.29, 1.82) is 5.26 Å². The summed E-state index contributed by atoms with van der Waals surface area (Å²) < 4.78 is 0. The first kappa shape index (κ1) is 16.6. The predicted molar refractivity (Wildman–Crippen MR) is 82.8 cm³/mol. The molecule has 0 saturated carbocycles. The largest absolute Gasteiger partial charge is 0.366 e. The minimum atomic E-state index is -0.521. The van der Waals surface area contributed by atoms with Gasteiger partial charge in [-0.05, 0) is 16.0 Å². The highest BCUT2D eigenvalue weighted by Crippen LogP contribution is 2.17. The highest BCUT2D eigenvalue weighted by Gasteiger charge is 2.20. The fourth-order valence-corrected chi connectivity index (χ4v) is 2.35. The average molecular weight is 318 g/mol. The number of anilines is 1. The number of amides is 1. The maximum absolute atomic E-state index is 11.7. The van der Waals surface area contributed by atoms with Crippen LogP contribution in [0.2, 0.25) is 0 Å². The second-order valence-corrected chi connectivity index (χ2v) is 5.15. The van der Waals surface area contributed by atoms with Gasteiger partial charge in [0, 0.05) is 38.8 Å². The van der Waals surface area contributed by atoms with Crippen molar-refractivity contribution in [1.82, 2.24) is 15.2 Å².